The Morgan fingerprint density at radius 1 is 1.06 bits per heavy atom. The minimum atomic E-state index is 0.720. The maximum Gasteiger partial charge on any atom is 0.167 e. The summed E-state index contributed by atoms with van der Waals surface area (Å²) >= 11 is 5.87. The van der Waals surface area contributed by atoms with Crippen LogP contribution in [0.1, 0.15) is 5.56 Å². The van der Waals surface area contributed by atoms with E-state index in [1.807, 2.05) is 43.3 Å². The summed E-state index contributed by atoms with van der Waals surface area (Å²) in [5, 5.41) is 5.86. The van der Waals surface area contributed by atoms with Gasteiger partial charge in [0.15, 0.2) is 5.58 Å². The minimum absolute atomic E-state index is 0.720. The number of aromatic nitrogens is 1. The van der Waals surface area contributed by atoms with Crippen molar-refractivity contribution in [2.24, 2.45) is 0 Å². The molecular formula is C14H10ClNO. The van der Waals surface area contributed by atoms with E-state index >= 15 is 0 Å². The quantitative estimate of drug-likeness (QED) is 0.631. The Morgan fingerprint density at radius 2 is 1.82 bits per heavy atom. The van der Waals surface area contributed by atoms with Crippen molar-refractivity contribution < 1.29 is 4.52 Å². The van der Waals surface area contributed by atoms with E-state index < -0.39 is 0 Å². The van der Waals surface area contributed by atoms with Crippen LogP contribution in [0.2, 0.25) is 5.02 Å². The van der Waals surface area contributed by atoms with Crippen LogP contribution in [0.3, 0.4) is 0 Å². The molecule has 0 aliphatic carbocycles. The van der Waals surface area contributed by atoms with Crippen LogP contribution in [0.5, 0.6) is 0 Å². The fraction of sp³-hybridized carbons (Fsp3) is 0.0714. The van der Waals surface area contributed by atoms with Gasteiger partial charge in [0.25, 0.3) is 0 Å². The molecule has 0 atom stereocenters. The highest BCUT2D eigenvalue weighted by Gasteiger charge is 2.09. The van der Waals surface area contributed by atoms with Gasteiger partial charge >= 0.3 is 0 Å². The van der Waals surface area contributed by atoms with Crippen molar-refractivity contribution >= 4 is 22.6 Å². The molecule has 3 rings (SSSR count). The maximum absolute atomic E-state index is 5.87. The zero-order valence-electron chi connectivity index (χ0n) is 9.27. The standard InChI is InChI=1S/C14H10ClNO/c1-9-2-7-12-13(8-9)17-16-14(12)10-3-5-11(15)6-4-10/h2-8H,1H3. The molecule has 0 unspecified atom stereocenters. The van der Waals surface area contributed by atoms with Gasteiger partial charge in [-0.3, -0.25) is 0 Å². The van der Waals surface area contributed by atoms with Crippen LogP contribution in [-0.2, 0) is 0 Å². The lowest BCUT2D eigenvalue weighted by atomic mass is 10.1. The highest BCUT2D eigenvalue weighted by molar-refractivity contribution is 6.30. The van der Waals surface area contributed by atoms with E-state index in [1.54, 1.807) is 0 Å². The van der Waals surface area contributed by atoms with Crippen LogP contribution in [0.25, 0.3) is 22.2 Å². The Kier molecular flexibility index (Phi) is 2.37. The van der Waals surface area contributed by atoms with Crippen LogP contribution >= 0.6 is 11.6 Å². The first-order chi connectivity index (χ1) is 8.24. The SMILES string of the molecule is Cc1ccc2c(-c3ccc(Cl)cc3)noc2c1. The number of rotatable bonds is 1. The molecule has 3 heteroatoms. The van der Waals surface area contributed by atoms with E-state index in [2.05, 4.69) is 11.2 Å². The second-order valence-corrected chi connectivity index (χ2v) is 4.47. The van der Waals surface area contributed by atoms with Gasteiger partial charge in [-0.25, -0.2) is 0 Å². The van der Waals surface area contributed by atoms with Gasteiger partial charge in [-0.1, -0.05) is 35.0 Å². The van der Waals surface area contributed by atoms with E-state index in [9.17, 15) is 0 Å². The van der Waals surface area contributed by atoms with Crippen molar-refractivity contribution in [3.05, 3.63) is 53.1 Å². The topological polar surface area (TPSA) is 26.0 Å². The number of hydrogen-bond donors (Lipinski definition) is 0. The second kappa shape index (κ2) is 3.90. The van der Waals surface area contributed by atoms with E-state index in [4.69, 9.17) is 16.1 Å². The smallest absolute Gasteiger partial charge is 0.167 e. The molecule has 0 N–H and O–H groups in total. The molecule has 0 aliphatic rings. The highest BCUT2D eigenvalue weighted by Crippen LogP contribution is 2.29. The van der Waals surface area contributed by atoms with Crippen molar-refractivity contribution in [3.63, 3.8) is 0 Å². The summed E-state index contributed by atoms with van der Waals surface area (Å²) in [6.45, 7) is 2.03. The van der Waals surface area contributed by atoms with Gasteiger partial charge in [-0.15, -0.1) is 0 Å². The monoisotopic (exact) mass is 243 g/mol. The van der Waals surface area contributed by atoms with E-state index in [1.165, 1.54) is 0 Å². The normalized spacial score (nSPS) is 10.9. The number of halogens is 1. The lowest BCUT2D eigenvalue weighted by Gasteiger charge is -1.97. The lowest BCUT2D eigenvalue weighted by Crippen LogP contribution is -1.78. The molecule has 3 aromatic rings. The Hall–Kier alpha value is -1.80. The first-order valence-electron chi connectivity index (χ1n) is 5.36. The van der Waals surface area contributed by atoms with Crippen LogP contribution in [0, 0.1) is 6.92 Å². The zero-order chi connectivity index (χ0) is 11.8. The number of fused-ring (bicyclic) bond motifs is 1. The Balaban J connectivity index is 2.21. The summed E-state index contributed by atoms with van der Waals surface area (Å²) in [5.74, 6) is 0. The highest BCUT2D eigenvalue weighted by atomic mass is 35.5. The number of hydrogen-bond acceptors (Lipinski definition) is 2. The second-order valence-electron chi connectivity index (χ2n) is 4.04. The molecule has 1 aromatic heterocycles. The molecule has 0 bridgehead atoms. The van der Waals surface area contributed by atoms with Crippen molar-refractivity contribution in [3.8, 4) is 11.3 Å². The molecule has 0 saturated carbocycles. The van der Waals surface area contributed by atoms with Crippen LogP contribution < -0.4 is 0 Å². The van der Waals surface area contributed by atoms with E-state index in [0.717, 1.165) is 32.8 Å². The van der Waals surface area contributed by atoms with Crippen LogP contribution in [-0.4, -0.2) is 5.16 Å². The lowest BCUT2D eigenvalue weighted by molar-refractivity contribution is 0.459. The largest absolute Gasteiger partial charge is 0.356 e. The van der Waals surface area contributed by atoms with Gasteiger partial charge in [-0.2, -0.15) is 0 Å². The minimum Gasteiger partial charge on any atom is -0.356 e. The predicted molar refractivity (Wildman–Crippen MR) is 69.2 cm³/mol. The number of nitrogens with zero attached hydrogens (tertiary/aromatic N) is 1. The molecule has 0 spiro atoms. The van der Waals surface area contributed by atoms with Crippen molar-refractivity contribution in [2.75, 3.05) is 0 Å². The molecule has 2 nitrogen and oxygen atoms in total. The summed E-state index contributed by atoms with van der Waals surface area (Å²) in [7, 11) is 0. The fourth-order valence-corrected chi connectivity index (χ4v) is 1.99. The third-order valence-corrected chi connectivity index (χ3v) is 3.00. The third-order valence-electron chi connectivity index (χ3n) is 2.75. The molecule has 0 aliphatic heterocycles. The summed E-state index contributed by atoms with van der Waals surface area (Å²) in [6.07, 6.45) is 0. The molecule has 0 fully saturated rings. The molecule has 0 amide bonds. The summed E-state index contributed by atoms with van der Waals surface area (Å²) in [5.41, 5.74) is 3.85. The maximum atomic E-state index is 5.87. The Bertz CT molecular complexity index is 670. The molecule has 17 heavy (non-hydrogen) atoms. The predicted octanol–water partition coefficient (Wildman–Crippen LogP) is 4.46. The van der Waals surface area contributed by atoms with Crippen molar-refractivity contribution in [1.29, 1.82) is 0 Å². The average molecular weight is 244 g/mol. The van der Waals surface area contributed by atoms with Crippen molar-refractivity contribution in [1.82, 2.24) is 5.16 Å². The summed E-state index contributed by atoms with van der Waals surface area (Å²) in [6, 6.07) is 13.7. The molecule has 1 heterocycles. The van der Waals surface area contributed by atoms with Gasteiger partial charge in [0.05, 0.1) is 0 Å². The van der Waals surface area contributed by atoms with Crippen molar-refractivity contribution in [2.45, 2.75) is 6.92 Å². The number of aryl methyl sites for hydroxylation is 1. The fourth-order valence-electron chi connectivity index (χ4n) is 1.86. The van der Waals surface area contributed by atoms with Gasteiger partial charge in [0.2, 0.25) is 0 Å². The van der Waals surface area contributed by atoms with Crippen LogP contribution in [0.4, 0.5) is 0 Å². The summed E-state index contributed by atoms with van der Waals surface area (Å²) in [4.78, 5) is 0. The molecule has 0 saturated heterocycles. The first kappa shape index (κ1) is 10.4. The summed E-state index contributed by atoms with van der Waals surface area (Å²) < 4.78 is 5.33. The van der Waals surface area contributed by atoms with E-state index in [-0.39, 0.29) is 0 Å². The molecule has 2 aromatic carbocycles. The molecule has 84 valence electrons. The Morgan fingerprint density at radius 3 is 2.59 bits per heavy atom. The molecular weight excluding hydrogens is 234 g/mol. The van der Waals surface area contributed by atoms with Gasteiger partial charge in [0.1, 0.15) is 5.69 Å². The van der Waals surface area contributed by atoms with Gasteiger partial charge in [0, 0.05) is 16.0 Å². The number of benzene rings is 2. The third kappa shape index (κ3) is 1.81. The average Bonchev–Trinajstić information content (AvgIpc) is 2.73. The Labute approximate surface area is 104 Å². The van der Waals surface area contributed by atoms with E-state index in [0.29, 0.717) is 0 Å². The zero-order valence-corrected chi connectivity index (χ0v) is 10.0. The molecule has 0 radical (unpaired) electrons. The van der Waals surface area contributed by atoms with Gasteiger partial charge < -0.3 is 4.52 Å². The first-order valence-corrected chi connectivity index (χ1v) is 5.74. The van der Waals surface area contributed by atoms with Crippen LogP contribution in [0.15, 0.2) is 47.0 Å². The van der Waals surface area contributed by atoms with Gasteiger partial charge in [-0.05, 0) is 36.8 Å².